The van der Waals surface area contributed by atoms with Crippen LogP contribution in [-0.2, 0) is 16.1 Å². The number of pyridine rings is 1. The number of carbonyl (C=O) groups excluding carboxylic acids is 1. The Bertz CT molecular complexity index is 1070. The first-order chi connectivity index (χ1) is 14.6. The minimum atomic E-state index is -0.370. The van der Waals surface area contributed by atoms with Crippen LogP contribution in [0.5, 0.6) is 5.75 Å². The van der Waals surface area contributed by atoms with Gasteiger partial charge in [-0.15, -0.1) is 0 Å². The van der Waals surface area contributed by atoms with E-state index in [4.69, 9.17) is 14.5 Å². The van der Waals surface area contributed by atoms with Crippen LogP contribution in [0, 0.1) is 12.3 Å². The molecule has 1 spiro atoms. The molecule has 0 radical (unpaired) electrons. The summed E-state index contributed by atoms with van der Waals surface area (Å²) in [7, 11) is 1.68. The SMILES string of the molecule is COc1cccc2c(C)cc(N3CCC4(CC3)CC(Cn3ccnc3)OC4=O)nc12. The molecule has 4 heterocycles. The zero-order valence-corrected chi connectivity index (χ0v) is 17.4. The van der Waals surface area contributed by atoms with Crippen molar-refractivity contribution in [2.75, 3.05) is 25.1 Å². The molecule has 2 saturated heterocycles. The van der Waals surface area contributed by atoms with Crippen LogP contribution in [0.3, 0.4) is 0 Å². The molecular formula is C23H26N4O3. The Morgan fingerprint density at radius 1 is 1.30 bits per heavy atom. The maximum atomic E-state index is 12.7. The molecule has 1 atom stereocenters. The van der Waals surface area contributed by atoms with Gasteiger partial charge in [0.15, 0.2) is 0 Å². The maximum absolute atomic E-state index is 12.7. The van der Waals surface area contributed by atoms with Crippen LogP contribution in [-0.4, -0.2) is 46.8 Å². The van der Waals surface area contributed by atoms with Crippen molar-refractivity contribution in [2.45, 2.75) is 38.8 Å². The van der Waals surface area contributed by atoms with Crippen molar-refractivity contribution in [1.29, 1.82) is 0 Å². The standard InChI is InChI=1S/C23H26N4O3/c1-16-12-20(25-21-18(16)4-3-5-19(21)29-2)27-9-6-23(7-10-27)13-17(30-22(23)28)14-26-11-8-24-15-26/h3-5,8,11-12,15,17H,6-7,9-10,13-14H2,1-2H3. The second-order valence-corrected chi connectivity index (χ2v) is 8.41. The molecule has 3 aromatic rings. The lowest BCUT2D eigenvalue weighted by molar-refractivity contribution is -0.150. The second kappa shape index (κ2) is 7.31. The van der Waals surface area contributed by atoms with Crippen molar-refractivity contribution < 1.29 is 14.3 Å². The van der Waals surface area contributed by atoms with E-state index >= 15 is 0 Å². The summed E-state index contributed by atoms with van der Waals surface area (Å²) in [5, 5.41) is 1.10. The van der Waals surface area contributed by atoms with E-state index in [2.05, 4.69) is 28.9 Å². The average molecular weight is 406 g/mol. The first-order valence-electron chi connectivity index (χ1n) is 10.4. The number of para-hydroxylation sites is 1. The highest BCUT2D eigenvalue weighted by atomic mass is 16.6. The van der Waals surface area contributed by atoms with Crippen LogP contribution >= 0.6 is 0 Å². The fourth-order valence-electron chi connectivity index (χ4n) is 4.84. The minimum Gasteiger partial charge on any atom is -0.494 e. The van der Waals surface area contributed by atoms with Crippen LogP contribution in [0.1, 0.15) is 24.8 Å². The summed E-state index contributed by atoms with van der Waals surface area (Å²) in [6.45, 7) is 4.36. The van der Waals surface area contributed by atoms with E-state index in [9.17, 15) is 4.79 Å². The van der Waals surface area contributed by atoms with Crippen LogP contribution in [0.15, 0.2) is 43.0 Å². The number of rotatable bonds is 4. The number of piperidine rings is 1. The largest absolute Gasteiger partial charge is 0.494 e. The maximum Gasteiger partial charge on any atom is 0.312 e. The molecule has 2 aromatic heterocycles. The second-order valence-electron chi connectivity index (χ2n) is 8.41. The van der Waals surface area contributed by atoms with Gasteiger partial charge in [0.2, 0.25) is 0 Å². The molecule has 30 heavy (non-hydrogen) atoms. The van der Waals surface area contributed by atoms with Crippen molar-refractivity contribution in [2.24, 2.45) is 5.41 Å². The number of carbonyl (C=O) groups is 1. The molecule has 7 heteroatoms. The van der Waals surface area contributed by atoms with Gasteiger partial charge < -0.3 is 18.9 Å². The molecule has 2 aliphatic rings. The molecular weight excluding hydrogens is 380 g/mol. The number of aromatic nitrogens is 3. The predicted octanol–water partition coefficient (Wildman–Crippen LogP) is 3.35. The molecule has 2 aliphatic heterocycles. The molecule has 156 valence electrons. The Balaban J connectivity index is 1.33. The van der Waals surface area contributed by atoms with Crippen LogP contribution in [0.4, 0.5) is 5.82 Å². The van der Waals surface area contributed by atoms with Crippen molar-refractivity contribution in [3.63, 3.8) is 0 Å². The quantitative estimate of drug-likeness (QED) is 0.619. The molecule has 7 nitrogen and oxygen atoms in total. The molecule has 2 fully saturated rings. The zero-order valence-electron chi connectivity index (χ0n) is 17.4. The third-order valence-electron chi connectivity index (χ3n) is 6.56. The summed E-state index contributed by atoms with van der Waals surface area (Å²) >= 11 is 0. The molecule has 0 N–H and O–H groups in total. The van der Waals surface area contributed by atoms with Crippen LogP contribution < -0.4 is 9.64 Å². The van der Waals surface area contributed by atoms with Gasteiger partial charge in [-0.1, -0.05) is 12.1 Å². The smallest absolute Gasteiger partial charge is 0.312 e. The number of fused-ring (bicyclic) bond motifs is 1. The van der Waals surface area contributed by atoms with Crippen molar-refractivity contribution >= 4 is 22.7 Å². The summed E-state index contributed by atoms with van der Waals surface area (Å²) in [5.41, 5.74) is 1.69. The Kier molecular flexibility index (Phi) is 4.60. The van der Waals surface area contributed by atoms with E-state index in [1.54, 1.807) is 19.6 Å². The van der Waals surface area contributed by atoms with E-state index in [0.717, 1.165) is 54.8 Å². The van der Waals surface area contributed by atoms with E-state index in [1.807, 2.05) is 22.9 Å². The number of cyclic esters (lactones) is 1. The van der Waals surface area contributed by atoms with E-state index < -0.39 is 0 Å². The van der Waals surface area contributed by atoms with Crippen molar-refractivity contribution in [3.8, 4) is 5.75 Å². The van der Waals surface area contributed by atoms with Gasteiger partial charge in [-0.05, 0) is 37.5 Å². The first kappa shape index (κ1) is 18.9. The van der Waals surface area contributed by atoms with Crippen LogP contribution in [0.2, 0.25) is 0 Å². The van der Waals surface area contributed by atoms with Gasteiger partial charge in [0.05, 0.1) is 25.4 Å². The fraction of sp³-hybridized carbons (Fsp3) is 0.435. The average Bonchev–Trinajstić information content (AvgIpc) is 3.36. The topological polar surface area (TPSA) is 69.5 Å². The Morgan fingerprint density at radius 2 is 2.13 bits per heavy atom. The number of hydrogen-bond acceptors (Lipinski definition) is 6. The third-order valence-corrected chi connectivity index (χ3v) is 6.56. The van der Waals surface area contributed by atoms with Crippen molar-refractivity contribution in [3.05, 3.63) is 48.5 Å². The lowest BCUT2D eigenvalue weighted by atomic mass is 9.76. The number of aryl methyl sites for hydroxylation is 1. The Morgan fingerprint density at radius 3 is 2.87 bits per heavy atom. The monoisotopic (exact) mass is 406 g/mol. The van der Waals surface area contributed by atoms with Crippen molar-refractivity contribution in [1.82, 2.24) is 14.5 Å². The predicted molar refractivity (Wildman–Crippen MR) is 114 cm³/mol. The summed E-state index contributed by atoms with van der Waals surface area (Å²) in [4.78, 5) is 24.0. The highest BCUT2D eigenvalue weighted by Crippen LogP contribution is 2.44. The molecule has 1 aromatic carbocycles. The van der Waals surface area contributed by atoms with Gasteiger partial charge in [-0.3, -0.25) is 4.79 Å². The summed E-state index contributed by atoms with van der Waals surface area (Å²) in [6.07, 6.45) is 7.69. The molecule has 0 amide bonds. The minimum absolute atomic E-state index is 0.0448. The number of ether oxygens (including phenoxy) is 2. The molecule has 1 unspecified atom stereocenters. The third kappa shape index (κ3) is 3.18. The Labute approximate surface area is 175 Å². The van der Waals surface area contributed by atoms with Gasteiger partial charge in [-0.2, -0.15) is 0 Å². The number of nitrogens with zero attached hydrogens (tertiary/aromatic N) is 4. The Hall–Kier alpha value is -3.09. The highest BCUT2D eigenvalue weighted by molar-refractivity contribution is 5.89. The van der Waals surface area contributed by atoms with Gasteiger partial charge in [0.25, 0.3) is 0 Å². The first-order valence-corrected chi connectivity index (χ1v) is 10.4. The van der Waals surface area contributed by atoms with Crippen LogP contribution in [0.25, 0.3) is 10.9 Å². The van der Waals surface area contributed by atoms with Gasteiger partial charge in [0.1, 0.15) is 23.2 Å². The van der Waals surface area contributed by atoms with Gasteiger partial charge >= 0.3 is 5.97 Å². The lowest BCUT2D eigenvalue weighted by Gasteiger charge is -2.37. The summed E-state index contributed by atoms with van der Waals surface area (Å²) < 4.78 is 13.2. The van der Waals surface area contributed by atoms with E-state index in [-0.39, 0.29) is 17.5 Å². The fourth-order valence-corrected chi connectivity index (χ4v) is 4.84. The number of hydrogen-bond donors (Lipinski definition) is 0. The normalized spacial score (nSPS) is 20.7. The van der Waals surface area contributed by atoms with Gasteiger partial charge in [-0.25, -0.2) is 9.97 Å². The lowest BCUT2D eigenvalue weighted by Crippen LogP contribution is -2.43. The molecule has 5 rings (SSSR count). The van der Waals surface area contributed by atoms with E-state index in [1.165, 1.54) is 5.56 Å². The number of esters is 1. The molecule has 0 bridgehead atoms. The number of benzene rings is 1. The number of methoxy groups -OCH3 is 1. The van der Waals surface area contributed by atoms with Gasteiger partial charge in [0, 0.05) is 37.3 Å². The zero-order chi connectivity index (χ0) is 20.7. The summed E-state index contributed by atoms with van der Waals surface area (Å²) in [5.74, 6) is 1.69. The molecule has 0 saturated carbocycles. The number of anilines is 1. The summed E-state index contributed by atoms with van der Waals surface area (Å²) in [6, 6.07) is 8.14. The number of imidazole rings is 1. The molecule has 0 aliphatic carbocycles. The van der Waals surface area contributed by atoms with E-state index in [0.29, 0.717) is 6.54 Å². The highest BCUT2D eigenvalue weighted by Gasteiger charge is 2.50.